The largest absolute Gasteiger partial charge is 0.439 e. The average Bonchev–Trinajstić information content (AvgIpc) is 2.83. The number of imide groups is 1. The summed E-state index contributed by atoms with van der Waals surface area (Å²) >= 11 is 0. The van der Waals surface area contributed by atoms with Crippen LogP contribution in [-0.4, -0.2) is 29.6 Å². The molecule has 1 heterocycles. The lowest BCUT2D eigenvalue weighted by Gasteiger charge is -2.12. The molecular weight excluding hydrogens is 318 g/mol. The number of aliphatic imine (C=N–C) groups is 1. The lowest BCUT2D eigenvalue weighted by Crippen LogP contribution is -2.29. The van der Waals surface area contributed by atoms with E-state index in [4.69, 9.17) is 4.74 Å². The SMILES string of the molecule is C=N/C(=C\C=C(/C)N1C(=O)N[C@H](C)C1=O)Oc1cccc(C(C)C)c1. The highest BCUT2D eigenvalue weighted by atomic mass is 16.5. The molecule has 1 aromatic carbocycles. The molecule has 0 aliphatic carbocycles. The van der Waals surface area contributed by atoms with Gasteiger partial charge in [-0.1, -0.05) is 26.0 Å². The zero-order chi connectivity index (χ0) is 18.6. The third kappa shape index (κ3) is 4.35. The standard InChI is InChI=1S/C19H23N3O3/c1-12(2)15-7-6-8-16(11-15)25-17(20-5)10-9-13(3)22-18(23)14(4)21-19(22)24/h6-12,14H,5H2,1-4H3,(H,21,24)/b13-9+,17-10+/t14-/m1/s1. The maximum Gasteiger partial charge on any atom is 0.329 e. The Labute approximate surface area is 147 Å². The fourth-order valence-corrected chi connectivity index (χ4v) is 2.38. The van der Waals surface area contributed by atoms with Gasteiger partial charge >= 0.3 is 6.03 Å². The number of rotatable bonds is 6. The number of nitrogens with zero attached hydrogens (tertiary/aromatic N) is 2. The number of benzene rings is 1. The van der Waals surface area contributed by atoms with E-state index in [9.17, 15) is 9.59 Å². The molecule has 0 saturated carbocycles. The first-order valence-electron chi connectivity index (χ1n) is 8.11. The second-order valence-corrected chi connectivity index (χ2v) is 6.15. The molecule has 2 rings (SSSR count). The van der Waals surface area contributed by atoms with Crippen molar-refractivity contribution in [1.29, 1.82) is 0 Å². The predicted molar refractivity (Wildman–Crippen MR) is 97.4 cm³/mol. The second-order valence-electron chi connectivity index (χ2n) is 6.15. The van der Waals surface area contributed by atoms with Gasteiger partial charge in [0.05, 0.1) is 0 Å². The van der Waals surface area contributed by atoms with Gasteiger partial charge in [0.1, 0.15) is 11.8 Å². The first-order chi connectivity index (χ1) is 11.8. The number of hydrogen-bond donors (Lipinski definition) is 1. The van der Waals surface area contributed by atoms with E-state index in [1.165, 1.54) is 0 Å². The zero-order valence-electron chi connectivity index (χ0n) is 14.9. The van der Waals surface area contributed by atoms with Crippen molar-refractivity contribution < 1.29 is 14.3 Å². The fraction of sp³-hybridized carbons (Fsp3) is 0.316. The highest BCUT2D eigenvalue weighted by molar-refractivity contribution is 6.05. The van der Waals surface area contributed by atoms with Crippen molar-refractivity contribution in [3.8, 4) is 5.75 Å². The minimum atomic E-state index is -0.521. The van der Waals surface area contributed by atoms with Gasteiger partial charge in [0, 0.05) is 11.8 Å². The van der Waals surface area contributed by atoms with Crippen LogP contribution in [0.5, 0.6) is 5.75 Å². The highest BCUT2D eigenvalue weighted by Crippen LogP contribution is 2.22. The van der Waals surface area contributed by atoms with Crippen LogP contribution in [-0.2, 0) is 4.79 Å². The number of nitrogens with one attached hydrogen (secondary N) is 1. The van der Waals surface area contributed by atoms with Crippen molar-refractivity contribution in [2.45, 2.75) is 39.7 Å². The van der Waals surface area contributed by atoms with Crippen LogP contribution in [0.2, 0.25) is 0 Å². The Morgan fingerprint density at radius 2 is 2.08 bits per heavy atom. The van der Waals surface area contributed by atoms with Crippen molar-refractivity contribution >= 4 is 18.7 Å². The van der Waals surface area contributed by atoms with Gasteiger partial charge < -0.3 is 10.1 Å². The van der Waals surface area contributed by atoms with Gasteiger partial charge in [0.25, 0.3) is 5.91 Å². The highest BCUT2D eigenvalue weighted by Gasteiger charge is 2.35. The molecule has 1 saturated heterocycles. The van der Waals surface area contributed by atoms with Crippen LogP contribution in [0.15, 0.2) is 53.0 Å². The monoisotopic (exact) mass is 341 g/mol. The molecule has 0 aromatic heterocycles. The van der Waals surface area contributed by atoms with Crippen molar-refractivity contribution in [3.05, 3.63) is 53.6 Å². The number of urea groups is 1. The number of carbonyl (C=O) groups excluding carboxylic acids is 2. The summed E-state index contributed by atoms with van der Waals surface area (Å²) in [7, 11) is 0. The molecule has 1 fully saturated rings. The first kappa shape index (κ1) is 18.4. The van der Waals surface area contributed by atoms with E-state index in [-0.39, 0.29) is 11.8 Å². The van der Waals surface area contributed by atoms with Gasteiger partial charge in [0.15, 0.2) is 0 Å². The molecular formula is C19H23N3O3. The summed E-state index contributed by atoms with van der Waals surface area (Å²) in [6.07, 6.45) is 3.18. The minimum Gasteiger partial charge on any atom is -0.439 e. The lowest BCUT2D eigenvalue weighted by atomic mass is 10.0. The molecule has 25 heavy (non-hydrogen) atoms. The molecule has 0 bridgehead atoms. The summed E-state index contributed by atoms with van der Waals surface area (Å²) in [5, 5.41) is 2.56. The number of carbonyl (C=O) groups is 2. The Morgan fingerprint density at radius 3 is 2.64 bits per heavy atom. The maximum atomic E-state index is 12.0. The topological polar surface area (TPSA) is 71.0 Å². The molecule has 6 heteroatoms. The van der Waals surface area contributed by atoms with Crippen LogP contribution in [0.4, 0.5) is 4.79 Å². The maximum absolute atomic E-state index is 12.0. The normalized spacial score (nSPS) is 18.6. The molecule has 0 unspecified atom stereocenters. The zero-order valence-corrected chi connectivity index (χ0v) is 14.9. The molecule has 1 aliphatic heterocycles. The van der Waals surface area contributed by atoms with Gasteiger partial charge in [-0.2, -0.15) is 0 Å². The van der Waals surface area contributed by atoms with E-state index in [1.54, 1.807) is 26.0 Å². The number of allylic oxidation sites excluding steroid dienone is 3. The van der Waals surface area contributed by atoms with Gasteiger partial charge in [-0.25, -0.2) is 14.7 Å². The summed E-state index contributed by atoms with van der Waals surface area (Å²) in [5.41, 5.74) is 1.63. The van der Waals surface area contributed by atoms with Crippen LogP contribution in [0.25, 0.3) is 0 Å². The fourth-order valence-electron chi connectivity index (χ4n) is 2.38. The van der Waals surface area contributed by atoms with Crippen LogP contribution in [0.3, 0.4) is 0 Å². The van der Waals surface area contributed by atoms with Crippen molar-refractivity contribution in [2.24, 2.45) is 4.99 Å². The Bertz CT molecular complexity index is 750. The van der Waals surface area contributed by atoms with Gasteiger partial charge in [0.2, 0.25) is 5.88 Å². The number of hydrogen-bond acceptors (Lipinski definition) is 4. The molecule has 0 radical (unpaired) electrons. The molecule has 0 spiro atoms. The number of amides is 3. The Balaban J connectivity index is 2.17. The van der Waals surface area contributed by atoms with E-state index in [0.717, 1.165) is 10.5 Å². The summed E-state index contributed by atoms with van der Waals surface area (Å²) in [4.78, 5) is 28.7. The quantitative estimate of drug-likeness (QED) is 0.372. The summed E-state index contributed by atoms with van der Waals surface area (Å²) in [6.45, 7) is 11.0. The van der Waals surface area contributed by atoms with Gasteiger partial charge in [-0.05, 0) is 50.3 Å². The first-order valence-corrected chi connectivity index (χ1v) is 8.11. The Morgan fingerprint density at radius 1 is 1.36 bits per heavy atom. The minimum absolute atomic E-state index is 0.278. The lowest BCUT2D eigenvalue weighted by molar-refractivity contribution is -0.125. The Hall–Kier alpha value is -2.89. The molecule has 1 N–H and O–H groups in total. The van der Waals surface area contributed by atoms with E-state index in [2.05, 4.69) is 30.9 Å². The van der Waals surface area contributed by atoms with Crippen LogP contribution < -0.4 is 10.1 Å². The van der Waals surface area contributed by atoms with Crippen molar-refractivity contribution in [2.75, 3.05) is 0 Å². The predicted octanol–water partition coefficient (Wildman–Crippen LogP) is 3.57. The van der Waals surface area contributed by atoms with E-state index < -0.39 is 12.1 Å². The van der Waals surface area contributed by atoms with Crippen molar-refractivity contribution in [1.82, 2.24) is 10.2 Å². The van der Waals surface area contributed by atoms with E-state index >= 15 is 0 Å². The summed E-state index contributed by atoms with van der Waals surface area (Å²) in [5.74, 6) is 1.03. The van der Waals surface area contributed by atoms with Crippen LogP contribution in [0, 0.1) is 0 Å². The third-order valence-corrected chi connectivity index (χ3v) is 3.86. The summed E-state index contributed by atoms with van der Waals surface area (Å²) < 4.78 is 5.73. The van der Waals surface area contributed by atoms with Gasteiger partial charge in [-0.3, -0.25) is 4.79 Å². The second kappa shape index (κ2) is 7.79. The molecule has 1 aliphatic rings. The number of ether oxygens (including phenoxy) is 1. The third-order valence-electron chi connectivity index (χ3n) is 3.86. The summed E-state index contributed by atoms with van der Waals surface area (Å²) in [6, 6.07) is 6.77. The van der Waals surface area contributed by atoms with Gasteiger partial charge in [-0.15, -0.1) is 0 Å². The molecule has 1 aromatic rings. The van der Waals surface area contributed by atoms with E-state index in [1.807, 2.05) is 24.3 Å². The smallest absolute Gasteiger partial charge is 0.329 e. The Kier molecular flexibility index (Phi) is 5.75. The van der Waals surface area contributed by atoms with Crippen LogP contribution in [0.1, 0.15) is 39.2 Å². The van der Waals surface area contributed by atoms with Crippen molar-refractivity contribution in [3.63, 3.8) is 0 Å². The molecule has 6 nitrogen and oxygen atoms in total. The van der Waals surface area contributed by atoms with Crippen LogP contribution >= 0.6 is 0 Å². The molecule has 3 amide bonds. The average molecular weight is 341 g/mol. The molecule has 132 valence electrons. The molecule has 1 atom stereocenters. The van der Waals surface area contributed by atoms with E-state index in [0.29, 0.717) is 17.4 Å².